The van der Waals surface area contributed by atoms with E-state index in [1.54, 1.807) is 6.20 Å². The topological polar surface area (TPSA) is 116 Å². The van der Waals surface area contributed by atoms with Crippen molar-refractivity contribution in [3.05, 3.63) is 40.5 Å². The molecule has 0 bridgehead atoms. The number of carbonyl (C=O) groups is 3. The summed E-state index contributed by atoms with van der Waals surface area (Å²) < 4.78 is 0.946. The van der Waals surface area contributed by atoms with Gasteiger partial charge in [0.15, 0.2) is 0 Å². The largest absolute Gasteiger partial charge is 0.465 e. The van der Waals surface area contributed by atoms with Crippen molar-refractivity contribution in [3.63, 3.8) is 0 Å². The van der Waals surface area contributed by atoms with Crippen molar-refractivity contribution in [1.82, 2.24) is 19.8 Å². The van der Waals surface area contributed by atoms with Crippen LogP contribution in [0.15, 0.2) is 24.4 Å². The van der Waals surface area contributed by atoms with Crippen LogP contribution in [0, 0.1) is 31.1 Å². The summed E-state index contributed by atoms with van der Waals surface area (Å²) >= 11 is 1.53. The number of amides is 3. The van der Waals surface area contributed by atoms with Crippen LogP contribution < -0.4 is 5.32 Å². The first kappa shape index (κ1) is 23.8. The van der Waals surface area contributed by atoms with Crippen molar-refractivity contribution in [2.24, 2.45) is 17.3 Å². The Bertz CT molecular complexity index is 1460. The summed E-state index contributed by atoms with van der Waals surface area (Å²) in [6.07, 6.45) is 1.58. The lowest BCUT2D eigenvalue weighted by molar-refractivity contribution is -0.143. The molecule has 3 amide bonds. The number of nitrogens with one attached hydrogen (secondary N) is 1. The molecule has 0 aromatic carbocycles. The van der Waals surface area contributed by atoms with Crippen LogP contribution in [0.3, 0.4) is 0 Å². The second kappa shape index (κ2) is 8.24. The van der Waals surface area contributed by atoms with Crippen molar-refractivity contribution in [3.8, 4) is 11.3 Å². The molecule has 0 radical (unpaired) electrons. The van der Waals surface area contributed by atoms with Crippen LogP contribution in [0.2, 0.25) is 0 Å². The Morgan fingerprint density at radius 2 is 1.95 bits per heavy atom. The zero-order chi connectivity index (χ0) is 26.2. The Hall–Kier alpha value is -3.53. The number of aromatic nitrogens is 2. The fourth-order valence-corrected chi connectivity index (χ4v) is 7.15. The van der Waals surface area contributed by atoms with E-state index < -0.39 is 6.09 Å². The maximum atomic E-state index is 12.9. The van der Waals surface area contributed by atoms with Gasteiger partial charge >= 0.3 is 6.09 Å². The molecule has 2 aliphatic heterocycles. The zero-order valence-corrected chi connectivity index (χ0v) is 22.1. The molecule has 2 N–H and O–H groups in total. The first-order chi connectivity index (χ1) is 17.6. The van der Waals surface area contributed by atoms with E-state index in [1.807, 2.05) is 45.9 Å². The van der Waals surface area contributed by atoms with Crippen molar-refractivity contribution in [2.75, 3.05) is 18.4 Å². The second-order valence-electron chi connectivity index (χ2n) is 11.0. The quantitative estimate of drug-likeness (QED) is 0.484. The second-order valence-corrected chi connectivity index (χ2v) is 12.1. The van der Waals surface area contributed by atoms with Crippen LogP contribution in [0.25, 0.3) is 21.5 Å². The first-order valence-corrected chi connectivity index (χ1v) is 13.3. The van der Waals surface area contributed by atoms with E-state index in [9.17, 15) is 19.5 Å². The Labute approximate surface area is 218 Å². The molecule has 3 fully saturated rings. The lowest BCUT2D eigenvalue weighted by atomic mass is 10.0. The SMILES string of the molecule is Cc1cc(C)c(NC2CCN(C(=O)O)C2)c(-c2ccnc3cc(CN4C(=O)C5C(C4=O)C5(C)C)sc23)n1. The highest BCUT2D eigenvalue weighted by Gasteiger charge is 2.72. The lowest BCUT2D eigenvalue weighted by Gasteiger charge is -2.20. The molecule has 0 spiro atoms. The highest BCUT2D eigenvalue weighted by molar-refractivity contribution is 7.19. The number of carbonyl (C=O) groups excluding carboxylic acids is 2. The molecule has 3 aromatic heterocycles. The number of thiophene rings is 1. The Balaban J connectivity index is 1.33. The Kier molecular flexibility index (Phi) is 5.31. The molecule has 1 aliphatic carbocycles. The monoisotopic (exact) mass is 519 g/mol. The summed E-state index contributed by atoms with van der Waals surface area (Å²) in [5.41, 5.74) is 5.10. The minimum atomic E-state index is -0.902. The fraction of sp³-hybridized carbons (Fsp3) is 0.444. The summed E-state index contributed by atoms with van der Waals surface area (Å²) in [7, 11) is 0. The van der Waals surface area contributed by atoms with Crippen LogP contribution >= 0.6 is 11.3 Å². The smallest absolute Gasteiger partial charge is 0.407 e. The molecule has 5 heterocycles. The fourth-order valence-electron chi connectivity index (χ4n) is 6.04. The Morgan fingerprint density at radius 3 is 2.62 bits per heavy atom. The van der Waals surface area contributed by atoms with Gasteiger partial charge in [0.1, 0.15) is 0 Å². The number of aryl methyl sites for hydroxylation is 2. The standard InChI is InChI=1S/C27H29N5O4S/c1-13-9-14(2)29-22(21(13)30-15-6-8-31(11-15)26(35)36)17-5-7-28-18-10-16(37-23(17)18)12-32-24(33)19-20(25(32)34)27(19,3)4/h5,7,9-10,15,19-20,30H,6,8,11-12H2,1-4H3,(H,35,36). The summed E-state index contributed by atoms with van der Waals surface area (Å²) in [6, 6.07) is 5.91. The van der Waals surface area contributed by atoms with Gasteiger partial charge in [0.25, 0.3) is 0 Å². The molecular weight excluding hydrogens is 490 g/mol. The number of carboxylic acid groups (broad SMARTS) is 1. The summed E-state index contributed by atoms with van der Waals surface area (Å²) in [6.45, 7) is 9.14. The molecule has 6 rings (SSSR count). The molecule has 1 saturated carbocycles. The van der Waals surface area contributed by atoms with Crippen LogP contribution in [-0.4, -0.2) is 61.9 Å². The number of hydrogen-bond donors (Lipinski definition) is 2. The van der Waals surface area contributed by atoms with Gasteiger partial charge in [-0.05, 0) is 49.4 Å². The van der Waals surface area contributed by atoms with Gasteiger partial charge in [0.05, 0.1) is 40.0 Å². The van der Waals surface area contributed by atoms with E-state index in [-0.39, 0.29) is 41.7 Å². The van der Waals surface area contributed by atoms with Crippen LogP contribution in [0.4, 0.5) is 10.5 Å². The van der Waals surface area contributed by atoms with Gasteiger partial charge in [-0.15, -0.1) is 11.3 Å². The Morgan fingerprint density at radius 1 is 1.22 bits per heavy atom. The number of imide groups is 1. The van der Waals surface area contributed by atoms with E-state index in [2.05, 4.69) is 10.3 Å². The van der Waals surface area contributed by atoms with Crippen LogP contribution in [0.5, 0.6) is 0 Å². The number of rotatable bonds is 5. The predicted molar refractivity (Wildman–Crippen MR) is 140 cm³/mol. The number of anilines is 1. The number of hydrogen-bond acceptors (Lipinski definition) is 7. The summed E-state index contributed by atoms with van der Waals surface area (Å²) in [4.78, 5) is 50.3. The number of likely N-dealkylation sites (tertiary alicyclic amines) is 2. The van der Waals surface area contributed by atoms with Gasteiger partial charge < -0.3 is 15.3 Å². The van der Waals surface area contributed by atoms with Crippen LogP contribution in [0.1, 0.15) is 36.4 Å². The van der Waals surface area contributed by atoms with Gasteiger partial charge in [0.2, 0.25) is 11.8 Å². The van der Waals surface area contributed by atoms with E-state index >= 15 is 0 Å². The van der Waals surface area contributed by atoms with Crippen molar-refractivity contribution in [1.29, 1.82) is 0 Å². The minimum absolute atomic E-state index is 0.00263. The molecule has 10 heteroatoms. The zero-order valence-electron chi connectivity index (χ0n) is 21.2. The molecule has 2 saturated heterocycles. The van der Waals surface area contributed by atoms with E-state index in [0.29, 0.717) is 13.1 Å². The molecule has 37 heavy (non-hydrogen) atoms. The van der Waals surface area contributed by atoms with Crippen molar-refractivity contribution < 1.29 is 19.5 Å². The van der Waals surface area contributed by atoms with E-state index in [1.165, 1.54) is 21.1 Å². The highest BCUT2D eigenvalue weighted by atomic mass is 32.1. The van der Waals surface area contributed by atoms with E-state index in [4.69, 9.17) is 4.98 Å². The summed E-state index contributed by atoms with van der Waals surface area (Å²) in [5, 5.41) is 12.9. The predicted octanol–water partition coefficient (Wildman–Crippen LogP) is 4.28. The number of pyridine rings is 2. The third-order valence-corrected chi connectivity index (χ3v) is 9.22. The third kappa shape index (κ3) is 3.77. The average molecular weight is 520 g/mol. The lowest BCUT2D eigenvalue weighted by Crippen LogP contribution is -2.35. The summed E-state index contributed by atoms with van der Waals surface area (Å²) in [5.74, 6) is -0.521. The molecule has 3 aliphatic rings. The number of nitrogens with zero attached hydrogens (tertiary/aromatic N) is 4. The molecule has 9 nitrogen and oxygen atoms in total. The number of piperidine rings is 1. The molecule has 3 aromatic rings. The molecule has 3 atom stereocenters. The van der Waals surface area contributed by atoms with Crippen LogP contribution in [-0.2, 0) is 16.1 Å². The van der Waals surface area contributed by atoms with Gasteiger partial charge in [-0.3, -0.25) is 24.5 Å². The van der Waals surface area contributed by atoms with Gasteiger partial charge in [-0.25, -0.2) is 4.79 Å². The van der Waals surface area contributed by atoms with Crippen molar-refractivity contribution in [2.45, 2.75) is 46.7 Å². The first-order valence-electron chi connectivity index (χ1n) is 12.5. The van der Waals surface area contributed by atoms with Gasteiger partial charge in [-0.1, -0.05) is 13.8 Å². The van der Waals surface area contributed by atoms with Crippen molar-refractivity contribution >= 4 is 45.1 Å². The average Bonchev–Trinajstić information content (AvgIpc) is 3.24. The molecular formula is C27H29N5O4S. The normalized spacial score (nSPS) is 24.2. The van der Waals surface area contributed by atoms with E-state index in [0.717, 1.165) is 49.7 Å². The van der Waals surface area contributed by atoms with Gasteiger partial charge in [0, 0.05) is 41.5 Å². The highest BCUT2D eigenvalue weighted by Crippen LogP contribution is 2.63. The third-order valence-electron chi connectivity index (χ3n) is 8.08. The minimum Gasteiger partial charge on any atom is -0.465 e. The molecule has 192 valence electrons. The van der Waals surface area contributed by atoms with Gasteiger partial charge in [-0.2, -0.15) is 0 Å². The molecule has 3 unspecified atom stereocenters. The maximum Gasteiger partial charge on any atom is 0.407 e. The maximum absolute atomic E-state index is 12.9. The number of fused-ring (bicyclic) bond motifs is 2.